The van der Waals surface area contributed by atoms with Gasteiger partial charge in [0, 0.05) is 32.9 Å². The number of aryl methyl sites for hydroxylation is 4. The Morgan fingerprint density at radius 1 is 0.381 bits per heavy atom. The summed E-state index contributed by atoms with van der Waals surface area (Å²) in [5, 5.41) is 5.26. The number of hydrogen-bond acceptors (Lipinski definition) is 0. The highest BCUT2D eigenvalue weighted by Crippen LogP contribution is 2.45. The Morgan fingerprint density at radius 3 is 1.14 bits per heavy atom. The molecular formula is C40H32N2. The number of aromatic nitrogens is 2. The molecule has 202 valence electrons. The van der Waals surface area contributed by atoms with Crippen LogP contribution in [0, 0.1) is 27.7 Å². The third kappa shape index (κ3) is 3.39. The van der Waals surface area contributed by atoms with E-state index in [1.54, 1.807) is 0 Å². The molecule has 2 heterocycles. The van der Waals surface area contributed by atoms with Gasteiger partial charge < -0.3 is 9.13 Å². The van der Waals surface area contributed by atoms with Crippen LogP contribution in [0.15, 0.2) is 121 Å². The third-order valence-electron chi connectivity index (χ3n) is 9.10. The first-order valence-corrected chi connectivity index (χ1v) is 14.7. The van der Waals surface area contributed by atoms with Gasteiger partial charge in [0.2, 0.25) is 0 Å². The van der Waals surface area contributed by atoms with Gasteiger partial charge in [0.15, 0.2) is 0 Å². The molecule has 0 bridgehead atoms. The van der Waals surface area contributed by atoms with Gasteiger partial charge in [-0.1, -0.05) is 72.8 Å². The van der Waals surface area contributed by atoms with Gasteiger partial charge >= 0.3 is 0 Å². The van der Waals surface area contributed by atoms with Gasteiger partial charge in [-0.3, -0.25) is 0 Å². The quantitative estimate of drug-likeness (QED) is 0.211. The first kappa shape index (κ1) is 24.7. The average Bonchev–Trinajstić information content (AvgIpc) is 3.52. The minimum absolute atomic E-state index is 1.19. The molecule has 0 saturated carbocycles. The van der Waals surface area contributed by atoms with Gasteiger partial charge in [0.05, 0.1) is 22.1 Å². The van der Waals surface area contributed by atoms with Crippen molar-refractivity contribution in [1.29, 1.82) is 0 Å². The predicted octanol–water partition coefficient (Wildman–Crippen LogP) is 10.8. The van der Waals surface area contributed by atoms with Crippen LogP contribution in [0.25, 0.3) is 66.1 Å². The van der Waals surface area contributed by atoms with Crippen LogP contribution in [0.4, 0.5) is 0 Å². The fourth-order valence-corrected chi connectivity index (χ4v) is 7.46. The molecule has 0 N–H and O–H groups in total. The van der Waals surface area contributed by atoms with Crippen LogP contribution in [0.2, 0.25) is 0 Å². The molecule has 0 spiro atoms. The van der Waals surface area contributed by atoms with E-state index < -0.39 is 0 Å². The fraction of sp³-hybridized carbons (Fsp3) is 0.100. The van der Waals surface area contributed by atoms with Crippen LogP contribution in [0.5, 0.6) is 0 Å². The molecule has 0 fully saturated rings. The molecule has 0 saturated heterocycles. The zero-order valence-corrected chi connectivity index (χ0v) is 24.4. The normalized spacial score (nSPS) is 11.8. The number of para-hydroxylation sites is 4. The largest absolute Gasteiger partial charge is 0.309 e. The van der Waals surface area contributed by atoms with E-state index >= 15 is 0 Å². The highest BCUT2D eigenvalue weighted by molar-refractivity contribution is 6.16. The smallest absolute Gasteiger partial charge is 0.0546 e. The van der Waals surface area contributed by atoms with Crippen molar-refractivity contribution < 1.29 is 0 Å². The van der Waals surface area contributed by atoms with Crippen molar-refractivity contribution in [3.63, 3.8) is 0 Å². The second-order valence-corrected chi connectivity index (χ2v) is 11.6. The molecule has 6 aromatic carbocycles. The molecule has 0 atom stereocenters. The zero-order valence-electron chi connectivity index (χ0n) is 24.4. The summed E-state index contributed by atoms with van der Waals surface area (Å²) in [5.41, 5.74) is 15.4. The molecule has 0 aliphatic heterocycles. The number of rotatable bonds is 3. The van der Waals surface area contributed by atoms with Crippen molar-refractivity contribution in [2.24, 2.45) is 0 Å². The van der Waals surface area contributed by atoms with Crippen molar-refractivity contribution >= 4 is 43.6 Å². The fourth-order valence-electron chi connectivity index (χ4n) is 7.46. The second kappa shape index (κ2) is 9.22. The monoisotopic (exact) mass is 540 g/mol. The van der Waals surface area contributed by atoms with Gasteiger partial charge in [-0.15, -0.1) is 0 Å². The van der Waals surface area contributed by atoms with E-state index in [-0.39, 0.29) is 0 Å². The molecule has 0 radical (unpaired) electrons. The van der Waals surface area contributed by atoms with Crippen LogP contribution < -0.4 is 0 Å². The van der Waals surface area contributed by atoms with E-state index in [1.165, 1.54) is 88.4 Å². The van der Waals surface area contributed by atoms with Gasteiger partial charge in [-0.25, -0.2) is 0 Å². The lowest BCUT2D eigenvalue weighted by Gasteiger charge is -2.19. The Balaban J connectivity index is 1.48. The summed E-state index contributed by atoms with van der Waals surface area (Å²) >= 11 is 0. The lowest BCUT2D eigenvalue weighted by molar-refractivity contribution is 1.17. The Hall–Kier alpha value is -5.08. The second-order valence-electron chi connectivity index (χ2n) is 11.6. The highest BCUT2D eigenvalue weighted by Gasteiger charge is 2.23. The summed E-state index contributed by atoms with van der Waals surface area (Å²) in [6.45, 7) is 9.21. The Bertz CT molecular complexity index is 2150. The molecule has 2 nitrogen and oxygen atoms in total. The summed E-state index contributed by atoms with van der Waals surface area (Å²) in [6.07, 6.45) is 0. The molecule has 42 heavy (non-hydrogen) atoms. The van der Waals surface area contributed by atoms with Gasteiger partial charge in [0.1, 0.15) is 0 Å². The molecule has 0 unspecified atom stereocenters. The molecule has 2 heteroatoms. The van der Waals surface area contributed by atoms with Crippen LogP contribution in [-0.4, -0.2) is 9.13 Å². The number of fused-ring (bicyclic) bond motifs is 6. The minimum atomic E-state index is 1.19. The van der Waals surface area contributed by atoms with Crippen molar-refractivity contribution in [3.05, 3.63) is 144 Å². The number of nitrogens with zero attached hydrogens (tertiary/aromatic N) is 2. The maximum Gasteiger partial charge on any atom is 0.0546 e. The van der Waals surface area contributed by atoms with E-state index in [1.807, 2.05) is 0 Å². The van der Waals surface area contributed by atoms with Gasteiger partial charge in [-0.2, -0.15) is 0 Å². The Kier molecular flexibility index (Phi) is 5.42. The minimum Gasteiger partial charge on any atom is -0.309 e. The summed E-state index contributed by atoms with van der Waals surface area (Å²) in [6, 6.07) is 44.0. The van der Waals surface area contributed by atoms with E-state index in [4.69, 9.17) is 0 Å². The van der Waals surface area contributed by atoms with Crippen LogP contribution in [0.1, 0.15) is 22.3 Å². The molecule has 0 amide bonds. The average molecular weight is 541 g/mol. The van der Waals surface area contributed by atoms with Crippen LogP contribution >= 0.6 is 0 Å². The summed E-state index contributed by atoms with van der Waals surface area (Å²) in [5.74, 6) is 0. The van der Waals surface area contributed by atoms with Crippen LogP contribution in [0.3, 0.4) is 0 Å². The topological polar surface area (TPSA) is 9.86 Å². The van der Waals surface area contributed by atoms with Crippen molar-refractivity contribution in [1.82, 2.24) is 9.13 Å². The lowest BCUT2D eigenvalue weighted by atomic mass is 9.86. The van der Waals surface area contributed by atoms with E-state index in [2.05, 4.69) is 158 Å². The maximum atomic E-state index is 2.42. The molecule has 8 aromatic rings. The molecule has 0 aliphatic rings. The number of benzene rings is 6. The predicted molar refractivity (Wildman–Crippen MR) is 180 cm³/mol. The first-order chi connectivity index (χ1) is 20.5. The van der Waals surface area contributed by atoms with Gasteiger partial charge in [0.25, 0.3) is 0 Å². The molecule has 0 aliphatic carbocycles. The SMILES string of the molecule is Cc1cc2c(c(C)c1-c1c(C)cc3c(c1C)c1ccccc1n3-c1ccccc1)c1ccccc1n2-c1ccccc1. The van der Waals surface area contributed by atoms with E-state index in [0.717, 1.165) is 0 Å². The van der Waals surface area contributed by atoms with E-state index in [9.17, 15) is 0 Å². The maximum absolute atomic E-state index is 2.42. The first-order valence-electron chi connectivity index (χ1n) is 14.7. The van der Waals surface area contributed by atoms with Crippen molar-refractivity contribution in [2.45, 2.75) is 27.7 Å². The highest BCUT2D eigenvalue weighted by atomic mass is 15.0. The Labute approximate surface area is 246 Å². The van der Waals surface area contributed by atoms with Crippen molar-refractivity contribution in [3.8, 4) is 22.5 Å². The third-order valence-corrected chi connectivity index (χ3v) is 9.10. The van der Waals surface area contributed by atoms with Crippen LogP contribution in [-0.2, 0) is 0 Å². The molecule has 2 aromatic heterocycles. The zero-order chi connectivity index (χ0) is 28.5. The molecule has 8 rings (SSSR count). The molecular weight excluding hydrogens is 508 g/mol. The number of hydrogen-bond donors (Lipinski definition) is 0. The van der Waals surface area contributed by atoms with Gasteiger partial charge in [-0.05, 0) is 110 Å². The summed E-state index contributed by atoms with van der Waals surface area (Å²) in [7, 11) is 0. The summed E-state index contributed by atoms with van der Waals surface area (Å²) in [4.78, 5) is 0. The standard InChI is InChI=1S/C40H32N2/c1-25-23-35-39(31-19-11-13-21-33(31)41(35)29-15-7-5-8-16-29)27(3)37(25)38-26(2)24-36-40(28(38)4)32-20-12-14-22-34(32)42(36)30-17-9-6-10-18-30/h5-24H,1-4H3. The van der Waals surface area contributed by atoms with E-state index in [0.29, 0.717) is 0 Å². The lowest BCUT2D eigenvalue weighted by Crippen LogP contribution is -1.99. The Morgan fingerprint density at radius 2 is 0.738 bits per heavy atom. The van der Waals surface area contributed by atoms with Crippen molar-refractivity contribution in [2.75, 3.05) is 0 Å². The summed E-state index contributed by atoms with van der Waals surface area (Å²) < 4.78 is 4.84.